The molecule has 0 spiro atoms. The number of nitrogens with one attached hydrogen (secondary N) is 2. The van der Waals surface area contributed by atoms with Gasteiger partial charge in [0.1, 0.15) is 5.75 Å². The van der Waals surface area contributed by atoms with Gasteiger partial charge in [0, 0.05) is 12.2 Å². The molecule has 0 aromatic heterocycles. The molecule has 0 bridgehead atoms. The number of hydrogen-bond donors (Lipinski definition) is 2. The highest BCUT2D eigenvalue weighted by Gasteiger charge is 2.04. The van der Waals surface area contributed by atoms with E-state index in [-0.39, 0.29) is 0 Å². The van der Waals surface area contributed by atoms with Crippen molar-refractivity contribution in [1.82, 2.24) is 5.32 Å². The minimum Gasteiger partial charge on any atom is -0.497 e. The van der Waals surface area contributed by atoms with Crippen LogP contribution in [0.3, 0.4) is 0 Å². The van der Waals surface area contributed by atoms with Crippen molar-refractivity contribution in [1.29, 1.82) is 0 Å². The zero-order chi connectivity index (χ0) is 14.2. The number of allylic oxidation sites excluding steroid dienone is 1. The highest BCUT2D eigenvalue weighted by atomic mass is 32.1. The van der Waals surface area contributed by atoms with Crippen LogP contribution >= 0.6 is 12.2 Å². The number of benzene rings is 1. The highest BCUT2D eigenvalue weighted by molar-refractivity contribution is 7.80. The Kier molecular flexibility index (Phi) is 5.87. The SMILES string of the molecule is COc1ccc(NC(=S)NCCC2=CCCCC2)cc1. The van der Waals surface area contributed by atoms with Crippen molar-refractivity contribution in [2.24, 2.45) is 0 Å². The van der Waals surface area contributed by atoms with Gasteiger partial charge in [0.05, 0.1) is 7.11 Å². The largest absolute Gasteiger partial charge is 0.497 e. The maximum atomic E-state index is 5.29. The van der Waals surface area contributed by atoms with Gasteiger partial charge in [-0.25, -0.2) is 0 Å². The Morgan fingerprint density at radius 3 is 2.70 bits per heavy atom. The van der Waals surface area contributed by atoms with Gasteiger partial charge in [-0.15, -0.1) is 0 Å². The zero-order valence-corrected chi connectivity index (χ0v) is 12.8. The molecule has 1 aliphatic rings. The molecule has 0 amide bonds. The van der Waals surface area contributed by atoms with Crippen LogP contribution in [0.15, 0.2) is 35.9 Å². The summed E-state index contributed by atoms with van der Waals surface area (Å²) in [6, 6.07) is 7.74. The summed E-state index contributed by atoms with van der Waals surface area (Å²) in [5.74, 6) is 0.846. The fraction of sp³-hybridized carbons (Fsp3) is 0.438. The Labute approximate surface area is 126 Å². The first-order chi connectivity index (χ1) is 9.78. The predicted molar refractivity (Wildman–Crippen MR) is 88.4 cm³/mol. The molecule has 4 heteroatoms. The van der Waals surface area contributed by atoms with Crippen LogP contribution in [0, 0.1) is 0 Å². The van der Waals surface area contributed by atoms with E-state index in [9.17, 15) is 0 Å². The summed E-state index contributed by atoms with van der Waals surface area (Å²) in [6.45, 7) is 0.897. The van der Waals surface area contributed by atoms with Crippen molar-refractivity contribution in [3.05, 3.63) is 35.9 Å². The van der Waals surface area contributed by atoms with E-state index >= 15 is 0 Å². The topological polar surface area (TPSA) is 33.3 Å². The van der Waals surface area contributed by atoms with E-state index < -0.39 is 0 Å². The van der Waals surface area contributed by atoms with Crippen molar-refractivity contribution in [2.45, 2.75) is 32.1 Å². The van der Waals surface area contributed by atoms with Crippen LogP contribution in [0.1, 0.15) is 32.1 Å². The molecule has 20 heavy (non-hydrogen) atoms. The summed E-state index contributed by atoms with van der Waals surface area (Å²) in [7, 11) is 1.66. The van der Waals surface area contributed by atoms with Crippen LogP contribution in [-0.4, -0.2) is 18.8 Å². The van der Waals surface area contributed by atoms with Gasteiger partial charge in [-0.1, -0.05) is 11.6 Å². The molecule has 0 radical (unpaired) electrons. The lowest BCUT2D eigenvalue weighted by molar-refractivity contribution is 0.415. The number of methoxy groups -OCH3 is 1. The molecule has 1 aromatic rings. The van der Waals surface area contributed by atoms with Crippen molar-refractivity contribution < 1.29 is 4.74 Å². The molecular weight excluding hydrogens is 268 g/mol. The highest BCUT2D eigenvalue weighted by Crippen LogP contribution is 2.19. The van der Waals surface area contributed by atoms with Crippen molar-refractivity contribution in [3.63, 3.8) is 0 Å². The van der Waals surface area contributed by atoms with Crippen LogP contribution in [-0.2, 0) is 0 Å². The van der Waals surface area contributed by atoms with E-state index in [1.807, 2.05) is 24.3 Å². The lowest BCUT2D eigenvalue weighted by Gasteiger charge is -2.14. The zero-order valence-electron chi connectivity index (χ0n) is 11.9. The van der Waals surface area contributed by atoms with E-state index in [0.29, 0.717) is 5.11 Å². The monoisotopic (exact) mass is 290 g/mol. The van der Waals surface area contributed by atoms with E-state index in [4.69, 9.17) is 17.0 Å². The molecule has 3 nitrogen and oxygen atoms in total. The Hall–Kier alpha value is -1.55. The van der Waals surface area contributed by atoms with Gasteiger partial charge < -0.3 is 15.4 Å². The first kappa shape index (κ1) is 14.9. The quantitative estimate of drug-likeness (QED) is 0.637. The van der Waals surface area contributed by atoms with Gasteiger partial charge >= 0.3 is 0 Å². The Bertz CT molecular complexity index is 468. The number of thiocarbonyl (C=S) groups is 1. The predicted octanol–water partition coefficient (Wildman–Crippen LogP) is 3.87. The second-order valence-electron chi connectivity index (χ2n) is 4.97. The maximum Gasteiger partial charge on any atom is 0.170 e. The molecule has 0 aliphatic heterocycles. The Morgan fingerprint density at radius 2 is 2.05 bits per heavy atom. The van der Waals surface area contributed by atoms with E-state index in [2.05, 4.69) is 16.7 Å². The van der Waals surface area contributed by atoms with Gasteiger partial charge in [-0.2, -0.15) is 0 Å². The summed E-state index contributed by atoms with van der Waals surface area (Å²) in [5, 5.41) is 7.10. The van der Waals surface area contributed by atoms with Crippen molar-refractivity contribution >= 4 is 23.0 Å². The van der Waals surface area contributed by atoms with Gasteiger partial charge in [0.15, 0.2) is 5.11 Å². The number of rotatable bonds is 5. The molecule has 0 saturated carbocycles. The van der Waals surface area contributed by atoms with E-state index in [1.165, 1.54) is 25.7 Å². The minimum absolute atomic E-state index is 0.673. The molecule has 0 atom stereocenters. The van der Waals surface area contributed by atoms with Crippen LogP contribution in [0.5, 0.6) is 5.75 Å². The number of hydrogen-bond acceptors (Lipinski definition) is 2. The van der Waals surface area contributed by atoms with Gasteiger partial charge in [0.25, 0.3) is 0 Å². The third kappa shape index (κ3) is 4.85. The standard InChI is InChI=1S/C16H22N2OS/c1-19-15-9-7-14(8-10-15)18-16(20)17-12-11-13-5-3-2-4-6-13/h5,7-10H,2-4,6,11-12H2,1H3,(H2,17,18,20). The normalized spacial score (nSPS) is 14.3. The summed E-state index contributed by atoms with van der Waals surface area (Å²) in [5.41, 5.74) is 2.54. The Balaban J connectivity index is 1.70. The Morgan fingerprint density at radius 1 is 1.25 bits per heavy atom. The van der Waals surface area contributed by atoms with Crippen LogP contribution in [0.4, 0.5) is 5.69 Å². The van der Waals surface area contributed by atoms with Crippen molar-refractivity contribution in [2.75, 3.05) is 19.0 Å². The molecule has 0 saturated heterocycles. The third-order valence-corrected chi connectivity index (χ3v) is 3.71. The summed E-state index contributed by atoms with van der Waals surface area (Å²) < 4.78 is 5.12. The van der Waals surface area contributed by atoms with Gasteiger partial charge in [0.2, 0.25) is 0 Å². The van der Waals surface area contributed by atoms with Crippen LogP contribution in [0.2, 0.25) is 0 Å². The van der Waals surface area contributed by atoms with Gasteiger partial charge in [-0.3, -0.25) is 0 Å². The second kappa shape index (κ2) is 7.90. The molecule has 1 aliphatic carbocycles. The molecule has 108 valence electrons. The molecule has 0 unspecified atom stereocenters. The van der Waals surface area contributed by atoms with E-state index in [1.54, 1.807) is 12.7 Å². The molecule has 2 N–H and O–H groups in total. The molecule has 2 rings (SSSR count). The fourth-order valence-electron chi connectivity index (χ4n) is 2.32. The first-order valence-corrected chi connectivity index (χ1v) is 7.55. The molecular formula is C16H22N2OS. The average molecular weight is 290 g/mol. The second-order valence-corrected chi connectivity index (χ2v) is 5.38. The molecule has 0 heterocycles. The summed E-state index contributed by atoms with van der Waals surface area (Å²) in [6.07, 6.45) is 8.63. The molecule has 0 fully saturated rings. The third-order valence-electron chi connectivity index (χ3n) is 3.46. The van der Waals surface area contributed by atoms with E-state index in [0.717, 1.165) is 24.4 Å². The van der Waals surface area contributed by atoms with Crippen molar-refractivity contribution in [3.8, 4) is 5.75 Å². The lowest BCUT2D eigenvalue weighted by atomic mass is 9.97. The van der Waals surface area contributed by atoms with Crippen LogP contribution in [0.25, 0.3) is 0 Å². The number of anilines is 1. The maximum absolute atomic E-state index is 5.29. The first-order valence-electron chi connectivity index (χ1n) is 7.15. The minimum atomic E-state index is 0.673. The number of ether oxygens (including phenoxy) is 1. The summed E-state index contributed by atoms with van der Waals surface area (Å²) >= 11 is 5.29. The lowest BCUT2D eigenvalue weighted by Crippen LogP contribution is -2.29. The van der Waals surface area contributed by atoms with Crippen LogP contribution < -0.4 is 15.4 Å². The smallest absolute Gasteiger partial charge is 0.170 e. The average Bonchev–Trinajstić information content (AvgIpc) is 2.49. The fourth-order valence-corrected chi connectivity index (χ4v) is 2.54. The molecule has 1 aromatic carbocycles. The summed E-state index contributed by atoms with van der Waals surface area (Å²) in [4.78, 5) is 0. The van der Waals surface area contributed by atoms with Gasteiger partial charge in [-0.05, 0) is 68.6 Å².